The lowest BCUT2D eigenvalue weighted by Crippen LogP contribution is -2.37. The van der Waals surface area contributed by atoms with Gasteiger partial charge in [0.2, 0.25) is 15.9 Å². The smallest absolute Gasteiger partial charge is 0.241 e. The number of fused-ring (bicyclic) bond motifs is 1. The number of amides is 1. The zero-order valence-electron chi connectivity index (χ0n) is 13.4. The molecule has 1 aromatic carbocycles. The van der Waals surface area contributed by atoms with Crippen LogP contribution >= 0.6 is 11.8 Å². The monoisotopic (exact) mass is 366 g/mol. The van der Waals surface area contributed by atoms with E-state index in [1.807, 2.05) is 6.92 Å². The lowest BCUT2D eigenvalue weighted by Gasteiger charge is -2.32. The van der Waals surface area contributed by atoms with Gasteiger partial charge in [-0.15, -0.1) is 11.8 Å². The summed E-state index contributed by atoms with van der Waals surface area (Å²) in [5, 5.41) is 0.204. The third-order valence-electron chi connectivity index (χ3n) is 3.70. The molecule has 2 heterocycles. The molecule has 6 nitrogen and oxygen atoms in total. The number of hydrogen-bond acceptors (Lipinski definition) is 5. The van der Waals surface area contributed by atoms with Gasteiger partial charge in [-0.25, -0.2) is 13.1 Å². The van der Waals surface area contributed by atoms with E-state index in [2.05, 4.69) is 4.72 Å². The molecule has 128 valence electrons. The second-order valence-electron chi connectivity index (χ2n) is 5.59. The van der Waals surface area contributed by atoms with Crippen LogP contribution in [0.1, 0.15) is 19.6 Å². The van der Waals surface area contributed by atoms with Gasteiger partial charge in [0, 0.05) is 23.6 Å². The van der Waals surface area contributed by atoms with Crippen LogP contribution < -0.4 is 9.62 Å². The van der Waals surface area contributed by atoms with Crippen molar-refractivity contribution in [2.24, 2.45) is 0 Å². The molecule has 0 fully saturated rings. The minimum Gasteiger partial charge on any atom is -0.468 e. The first-order valence-corrected chi connectivity index (χ1v) is 9.84. The maximum Gasteiger partial charge on any atom is 0.241 e. The third-order valence-corrected chi connectivity index (χ3v) is 6.23. The number of anilines is 1. The number of furan rings is 1. The van der Waals surface area contributed by atoms with E-state index < -0.39 is 10.0 Å². The van der Waals surface area contributed by atoms with Gasteiger partial charge in [-0.3, -0.25) is 4.79 Å². The van der Waals surface area contributed by atoms with Gasteiger partial charge in [0.25, 0.3) is 0 Å². The molecular formula is C16H18N2O4S2. The van der Waals surface area contributed by atoms with Gasteiger partial charge in [-0.05, 0) is 30.3 Å². The first-order valence-electron chi connectivity index (χ1n) is 7.47. The molecule has 2 aromatic rings. The molecule has 0 saturated carbocycles. The molecule has 1 amide bonds. The SMILES string of the molecule is CC(=O)N1CC(C)Sc2cc(S(=O)(=O)NCc3ccco3)ccc21. The van der Waals surface area contributed by atoms with Crippen LogP contribution in [0.25, 0.3) is 0 Å². The normalized spacial score (nSPS) is 17.6. The number of thioether (sulfide) groups is 1. The van der Waals surface area contributed by atoms with Gasteiger partial charge in [-0.2, -0.15) is 0 Å². The van der Waals surface area contributed by atoms with Gasteiger partial charge in [0.1, 0.15) is 5.76 Å². The predicted molar refractivity (Wildman–Crippen MR) is 92.5 cm³/mol. The number of hydrogen-bond donors (Lipinski definition) is 1. The maximum atomic E-state index is 12.5. The van der Waals surface area contributed by atoms with Crippen molar-refractivity contribution in [3.63, 3.8) is 0 Å². The maximum absolute atomic E-state index is 12.5. The molecule has 1 unspecified atom stereocenters. The highest BCUT2D eigenvalue weighted by molar-refractivity contribution is 8.00. The topological polar surface area (TPSA) is 79.6 Å². The molecule has 0 radical (unpaired) electrons. The van der Waals surface area contributed by atoms with Crippen molar-refractivity contribution in [1.29, 1.82) is 0 Å². The van der Waals surface area contributed by atoms with Crippen LogP contribution in [-0.2, 0) is 21.4 Å². The summed E-state index contributed by atoms with van der Waals surface area (Å²) in [6, 6.07) is 8.25. The molecule has 0 spiro atoms. The van der Waals surface area contributed by atoms with E-state index in [0.717, 1.165) is 10.6 Å². The minimum atomic E-state index is -3.65. The number of nitrogens with zero attached hydrogens (tertiary/aromatic N) is 1. The van der Waals surface area contributed by atoms with Crippen LogP contribution in [0.2, 0.25) is 0 Å². The summed E-state index contributed by atoms with van der Waals surface area (Å²) in [7, 11) is -3.65. The van der Waals surface area contributed by atoms with Gasteiger partial charge in [0.15, 0.2) is 0 Å². The Balaban J connectivity index is 1.87. The van der Waals surface area contributed by atoms with E-state index in [4.69, 9.17) is 4.42 Å². The molecule has 1 aliphatic rings. The molecule has 3 rings (SSSR count). The van der Waals surface area contributed by atoms with Crippen molar-refractivity contribution in [2.45, 2.75) is 35.4 Å². The van der Waals surface area contributed by atoms with Crippen LogP contribution in [0.3, 0.4) is 0 Å². The van der Waals surface area contributed by atoms with Crippen LogP contribution in [-0.4, -0.2) is 26.1 Å². The summed E-state index contributed by atoms with van der Waals surface area (Å²) in [5.41, 5.74) is 0.760. The molecule has 0 aliphatic carbocycles. The zero-order valence-corrected chi connectivity index (χ0v) is 15.0. The largest absolute Gasteiger partial charge is 0.468 e. The molecule has 8 heteroatoms. The third kappa shape index (κ3) is 3.50. The summed E-state index contributed by atoms with van der Waals surface area (Å²) in [6.45, 7) is 4.24. The molecule has 1 aliphatic heterocycles. The molecule has 0 bridgehead atoms. The van der Waals surface area contributed by atoms with E-state index in [9.17, 15) is 13.2 Å². The lowest BCUT2D eigenvalue weighted by atomic mass is 10.2. The summed E-state index contributed by atoms with van der Waals surface area (Å²) in [6.07, 6.45) is 1.50. The average Bonchev–Trinajstić information content (AvgIpc) is 3.05. The quantitative estimate of drug-likeness (QED) is 0.900. The first kappa shape index (κ1) is 17.1. The summed E-state index contributed by atoms with van der Waals surface area (Å²) in [5.74, 6) is 0.497. The highest BCUT2D eigenvalue weighted by Crippen LogP contribution is 2.39. The standard InChI is InChI=1S/C16H18N2O4S2/c1-11-10-18(12(2)19)15-6-5-14(8-16(15)23-11)24(20,21)17-9-13-4-3-7-22-13/h3-8,11,17H,9-10H2,1-2H3. The number of carbonyl (C=O) groups excluding carboxylic acids is 1. The lowest BCUT2D eigenvalue weighted by molar-refractivity contribution is -0.116. The van der Waals surface area contributed by atoms with E-state index in [1.54, 1.807) is 40.9 Å². The van der Waals surface area contributed by atoms with E-state index in [0.29, 0.717) is 12.3 Å². The molecule has 1 N–H and O–H groups in total. The van der Waals surface area contributed by atoms with Gasteiger partial charge < -0.3 is 9.32 Å². The number of benzene rings is 1. The van der Waals surface area contributed by atoms with Crippen molar-refractivity contribution < 1.29 is 17.6 Å². The first-order chi connectivity index (χ1) is 11.4. The summed E-state index contributed by atoms with van der Waals surface area (Å²) in [4.78, 5) is 14.5. The van der Waals surface area contributed by atoms with Crippen molar-refractivity contribution in [2.75, 3.05) is 11.4 Å². The van der Waals surface area contributed by atoms with Crippen LogP contribution in [0.5, 0.6) is 0 Å². The fourth-order valence-electron chi connectivity index (χ4n) is 2.55. The molecule has 0 saturated heterocycles. The molecule has 1 aromatic heterocycles. The predicted octanol–water partition coefficient (Wildman–Crippen LogP) is 2.61. The number of rotatable bonds is 4. The fourth-order valence-corrected chi connectivity index (χ4v) is 4.79. The van der Waals surface area contributed by atoms with Gasteiger partial charge in [0.05, 0.1) is 23.4 Å². The van der Waals surface area contributed by atoms with Crippen LogP contribution in [0, 0.1) is 0 Å². The molecular weight excluding hydrogens is 348 g/mol. The summed E-state index contributed by atoms with van der Waals surface area (Å²) < 4.78 is 32.6. The van der Waals surface area contributed by atoms with Gasteiger partial charge >= 0.3 is 0 Å². The van der Waals surface area contributed by atoms with Crippen LogP contribution in [0.4, 0.5) is 5.69 Å². The number of carbonyl (C=O) groups is 1. The minimum absolute atomic E-state index is 0.0463. The second kappa shape index (κ2) is 6.62. The second-order valence-corrected chi connectivity index (χ2v) is 8.84. The van der Waals surface area contributed by atoms with E-state index in [1.165, 1.54) is 19.3 Å². The highest BCUT2D eigenvalue weighted by Gasteiger charge is 2.27. The Kier molecular flexibility index (Phi) is 4.71. The Morgan fingerprint density at radius 3 is 2.88 bits per heavy atom. The zero-order chi connectivity index (χ0) is 17.3. The Bertz CT molecular complexity index is 847. The van der Waals surface area contributed by atoms with Crippen LogP contribution in [0.15, 0.2) is 50.8 Å². The van der Waals surface area contributed by atoms with Crippen molar-refractivity contribution in [3.8, 4) is 0 Å². The van der Waals surface area contributed by atoms with Crippen molar-refractivity contribution in [3.05, 3.63) is 42.4 Å². The number of sulfonamides is 1. The average molecular weight is 366 g/mol. The fraction of sp³-hybridized carbons (Fsp3) is 0.312. The Morgan fingerprint density at radius 2 is 2.21 bits per heavy atom. The Labute approximate surface area is 145 Å². The molecule has 1 atom stereocenters. The highest BCUT2D eigenvalue weighted by atomic mass is 32.2. The Hall–Kier alpha value is -1.77. The van der Waals surface area contributed by atoms with E-state index in [-0.39, 0.29) is 22.6 Å². The van der Waals surface area contributed by atoms with Crippen molar-refractivity contribution >= 4 is 33.4 Å². The number of nitrogens with one attached hydrogen (secondary N) is 1. The Morgan fingerprint density at radius 1 is 1.42 bits per heavy atom. The molecule has 24 heavy (non-hydrogen) atoms. The van der Waals surface area contributed by atoms with E-state index >= 15 is 0 Å². The van der Waals surface area contributed by atoms with Gasteiger partial charge in [-0.1, -0.05) is 6.92 Å². The van der Waals surface area contributed by atoms with Crippen molar-refractivity contribution in [1.82, 2.24) is 4.72 Å². The summed E-state index contributed by atoms with van der Waals surface area (Å²) >= 11 is 1.57.